The molecule has 0 unspecified atom stereocenters. The number of nitriles is 1. The van der Waals surface area contributed by atoms with Gasteiger partial charge in [0.25, 0.3) is 0 Å². The van der Waals surface area contributed by atoms with Gasteiger partial charge < -0.3 is 20.4 Å². The van der Waals surface area contributed by atoms with Gasteiger partial charge in [0, 0.05) is 6.07 Å². The molecule has 4 N–H and O–H groups in total. The van der Waals surface area contributed by atoms with Crippen molar-refractivity contribution in [3.8, 4) is 29.1 Å². The highest BCUT2D eigenvalue weighted by atomic mass is 16.3. The number of benzene rings is 1. The smallest absolute Gasteiger partial charge is 0.201 e. The molecule has 1 aromatic carbocycles. The normalized spacial score (nSPS) is 9.25. The van der Waals surface area contributed by atoms with Crippen LogP contribution in [0.3, 0.4) is 0 Å². The molecule has 5 nitrogen and oxygen atoms in total. The minimum atomic E-state index is -0.824. The fourth-order valence-corrected chi connectivity index (χ4v) is 0.741. The van der Waals surface area contributed by atoms with Crippen LogP contribution in [0.15, 0.2) is 6.07 Å². The predicted molar refractivity (Wildman–Crippen MR) is 37.8 cm³/mol. The van der Waals surface area contributed by atoms with Crippen LogP contribution in [0, 0.1) is 11.3 Å². The van der Waals surface area contributed by atoms with Gasteiger partial charge in [-0.2, -0.15) is 5.26 Å². The molecule has 1 aromatic rings. The molecule has 0 aliphatic rings. The number of nitrogens with zero attached hydrogens (tertiary/aromatic N) is 1. The second kappa shape index (κ2) is 2.51. The summed E-state index contributed by atoms with van der Waals surface area (Å²) < 4.78 is 0. The quantitative estimate of drug-likeness (QED) is 0.330. The molecule has 0 aromatic heterocycles. The largest absolute Gasteiger partial charge is 0.506 e. The molecule has 0 saturated heterocycles. The van der Waals surface area contributed by atoms with Crippen molar-refractivity contribution in [3.63, 3.8) is 0 Å². The van der Waals surface area contributed by atoms with E-state index in [0.717, 1.165) is 6.07 Å². The van der Waals surface area contributed by atoms with E-state index in [1.807, 2.05) is 0 Å². The molecule has 0 fully saturated rings. The van der Waals surface area contributed by atoms with Crippen LogP contribution >= 0.6 is 0 Å². The zero-order valence-corrected chi connectivity index (χ0v) is 5.81. The molecular formula is C7H5NO4. The molecule has 1 rings (SSSR count). The van der Waals surface area contributed by atoms with Crippen LogP contribution in [0.1, 0.15) is 5.56 Å². The van der Waals surface area contributed by atoms with Crippen LogP contribution in [0.4, 0.5) is 0 Å². The van der Waals surface area contributed by atoms with E-state index in [9.17, 15) is 0 Å². The Labute approximate surface area is 67.4 Å². The maximum Gasteiger partial charge on any atom is 0.201 e. The molecule has 0 bridgehead atoms. The summed E-state index contributed by atoms with van der Waals surface area (Å²) in [5, 5.41) is 44.0. The Bertz CT molecular complexity index is 367. The van der Waals surface area contributed by atoms with Crippen molar-refractivity contribution in [2.24, 2.45) is 0 Å². The van der Waals surface area contributed by atoms with Gasteiger partial charge in [-0.05, 0) is 0 Å². The first-order valence-electron chi connectivity index (χ1n) is 2.95. The van der Waals surface area contributed by atoms with Crippen molar-refractivity contribution in [3.05, 3.63) is 11.6 Å². The van der Waals surface area contributed by atoms with E-state index >= 15 is 0 Å². The molecule has 0 radical (unpaired) electrons. The van der Waals surface area contributed by atoms with Gasteiger partial charge in [-0.3, -0.25) is 0 Å². The minimum Gasteiger partial charge on any atom is -0.506 e. The first kappa shape index (κ1) is 8.01. The van der Waals surface area contributed by atoms with Gasteiger partial charge in [0.05, 0.1) is 0 Å². The second-order valence-electron chi connectivity index (χ2n) is 2.10. The lowest BCUT2D eigenvalue weighted by Gasteiger charge is -2.03. The maximum absolute atomic E-state index is 8.97. The van der Waals surface area contributed by atoms with E-state index in [1.165, 1.54) is 6.07 Å². The van der Waals surface area contributed by atoms with Crippen molar-refractivity contribution in [2.75, 3.05) is 0 Å². The number of aromatic hydroxyl groups is 4. The van der Waals surface area contributed by atoms with Crippen LogP contribution in [0.5, 0.6) is 23.0 Å². The Morgan fingerprint density at radius 1 is 1.00 bits per heavy atom. The topological polar surface area (TPSA) is 105 Å². The standard InChI is InChI=1S/C7H5NO4/c8-2-3-4(9)1-5(10)7(12)6(3)11/h1,9-12H. The first-order valence-corrected chi connectivity index (χ1v) is 2.95. The van der Waals surface area contributed by atoms with Crippen LogP contribution in [0.25, 0.3) is 0 Å². The molecule has 0 saturated carbocycles. The van der Waals surface area contributed by atoms with Gasteiger partial charge in [-0.25, -0.2) is 0 Å². The molecule has 0 aliphatic heterocycles. The van der Waals surface area contributed by atoms with Crippen LogP contribution in [0.2, 0.25) is 0 Å². The number of rotatable bonds is 0. The van der Waals surface area contributed by atoms with Crippen LogP contribution in [-0.2, 0) is 0 Å². The summed E-state index contributed by atoms with van der Waals surface area (Å²) >= 11 is 0. The fourth-order valence-electron chi connectivity index (χ4n) is 0.741. The number of hydrogen-bond donors (Lipinski definition) is 4. The van der Waals surface area contributed by atoms with Gasteiger partial charge in [0.2, 0.25) is 5.75 Å². The van der Waals surface area contributed by atoms with Gasteiger partial charge >= 0.3 is 0 Å². The molecule has 0 spiro atoms. The maximum atomic E-state index is 8.97. The highest BCUT2D eigenvalue weighted by Crippen LogP contribution is 2.41. The first-order chi connectivity index (χ1) is 5.57. The zero-order chi connectivity index (χ0) is 9.30. The highest BCUT2D eigenvalue weighted by Gasteiger charge is 2.15. The Hall–Kier alpha value is -2.09. The molecule has 5 heteroatoms. The van der Waals surface area contributed by atoms with E-state index in [4.69, 9.17) is 25.7 Å². The number of phenols is 4. The van der Waals surface area contributed by atoms with E-state index < -0.39 is 28.6 Å². The molecule has 62 valence electrons. The number of phenolic OH excluding ortho intramolecular Hbond substituents is 4. The van der Waals surface area contributed by atoms with Crippen molar-refractivity contribution in [1.82, 2.24) is 0 Å². The van der Waals surface area contributed by atoms with Crippen molar-refractivity contribution >= 4 is 0 Å². The lowest BCUT2D eigenvalue weighted by molar-refractivity contribution is 0.360. The average Bonchev–Trinajstić information content (AvgIpc) is 2.01. The van der Waals surface area contributed by atoms with Crippen molar-refractivity contribution < 1.29 is 20.4 Å². The van der Waals surface area contributed by atoms with Gasteiger partial charge in [-0.15, -0.1) is 0 Å². The van der Waals surface area contributed by atoms with E-state index in [0.29, 0.717) is 0 Å². The SMILES string of the molecule is N#Cc1c(O)cc(O)c(O)c1O. The Kier molecular flexibility index (Phi) is 1.67. The molecule has 0 amide bonds. The van der Waals surface area contributed by atoms with E-state index in [-0.39, 0.29) is 0 Å². The second-order valence-corrected chi connectivity index (χ2v) is 2.10. The lowest BCUT2D eigenvalue weighted by Crippen LogP contribution is -1.80. The summed E-state index contributed by atoms with van der Waals surface area (Å²) in [6.07, 6.45) is 0. The molecule has 0 atom stereocenters. The fraction of sp³-hybridized carbons (Fsp3) is 0. The molecule has 0 heterocycles. The summed E-state index contributed by atoms with van der Waals surface area (Å²) in [4.78, 5) is 0. The summed E-state index contributed by atoms with van der Waals surface area (Å²) in [7, 11) is 0. The Morgan fingerprint density at radius 2 is 1.58 bits per heavy atom. The third-order valence-electron chi connectivity index (χ3n) is 1.35. The summed E-state index contributed by atoms with van der Waals surface area (Å²) in [5.74, 6) is -2.89. The monoisotopic (exact) mass is 167 g/mol. The summed E-state index contributed by atoms with van der Waals surface area (Å²) in [6, 6.07) is 2.23. The predicted octanol–water partition coefficient (Wildman–Crippen LogP) is 0.381. The summed E-state index contributed by atoms with van der Waals surface area (Å²) in [6.45, 7) is 0. The van der Waals surface area contributed by atoms with Gasteiger partial charge in [-0.1, -0.05) is 0 Å². The van der Waals surface area contributed by atoms with E-state index in [2.05, 4.69) is 0 Å². The average molecular weight is 167 g/mol. The van der Waals surface area contributed by atoms with Gasteiger partial charge in [0.1, 0.15) is 17.4 Å². The number of hydrogen-bond acceptors (Lipinski definition) is 5. The molecular weight excluding hydrogens is 162 g/mol. The minimum absolute atomic E-state index is 0.467. The Balaban J connectivity index is 3.54. The molecule has 0 aliphatic carbocycles. The Morgan fingerprint density at radius 3 is 2.08 bits per heavy atom. The van der Waals surface area contributed by atoms with Crippen LogP contribution in [-0.4, -0.2) is 20.4 Å². The van der Waals surface area contributed by atoms with Crippen molar-refractivity contribution in [2.45, 2.75) is 0 Å². The van der Waals surface area contributed by atoms with E-state index in [1.54, 1.807) is 0 Å². The summed E-state index contributed by atoms with van der Waals surface area (Å²) in [5.41, 5.74) is -0.467. The highest BCUT2D eigenvalue weighted by molar-refractivity contribution is 5.63. The van der Waals surface area contributed by atoms with Gasteiger partial charge in [0.15, 0.2) is 11.5 Å². The lowest BCUT2D eigenvalue weighted by atomic mass is 10.1. The van der Waals surface area contributed by atoms with Crippen LogP contribution < -0.4 is 0 Å². The molecule has 12 heavy (non-hydrogen) atoms. The van der Waals surface area contributed by atoms with Crippen molar-refractivity contribution in [1.29, 1.82) is 5.26 Å². The third kappa shape index (κ3) is 0.953. The third-order valence-corrected chi connectivity index (χ3v) is 1.35. The zero-order valence-electron chi connectivity index (χ0n) is 5.81.